The first-order valence-corrected chi connectivity index (χ1v) is 14.4. The molecule has 0 saturated carbocycles. The fourth-order valence-electron chi connectivity index (χ4n) is 5.45. The molecule has 1 fully saturated rings. The molecule has 206 valence electrons. The third-order valence-corrected chi connectivity index (χ3v) is 8.52. The topological polar surface area (TPSA) is 68.3 Å². The third-order valence-electron chi connectivity index (χ3n) is 7.52. The zero-order chi connectivity index (χ0) is 27.4. The highest BCUT2D eigenvalue weighted by molar-refractivity contribution is 7.10. The Bertz CT molecular complexity index is 1320. The molecular weight excluding hydrogens is 512 g/mol. The van der Waals surface area contributed by atoms with Crippen LogP contribution in [0.15, 0.2) is 53.9 Å². The van der Waals surface area contributed by atoms with Crippen LogP contribution in [0.3, 0.4) is 0 Å². The predicted molar refractivity (Wildman–Crippen MR) is 152 cm³/mol. The molecule has 2 atom stereocenters. The van der Waals surface area contributed by atoms with E-state index < -0.39 is 0 Å². The van der Waals surface area contributed by atoms with Crippen LogP contribution in [0, 0.1) is 13.8 Å². The van der Waals surface area contributed by atoms with Gasteiger partial charge in [0, 0.05) is 30.1 Å². The molecule has 0 spiro atoms. The van der Waals surface area contributed by atoms with E-state index in [1.165, 1.54) is 10.4 Å². The van der Waals surface area contributed by atoms with Gasteiger partial charge in [0.2, 0.25) is 5.91 Å². The van der Waals surface area contributed by atoms with E-state index in [2.05, 4.69) is 24.4 Å². The zero-order valence-corrected chi connectivity index (χ0v) is 23.7. The zero-order valence-electron chi connectivity index (χ0n) is 22.9. The van der Waals surface area contributed by atoms with Crippen molar-refractivity contribution < 1.29 is 23.8 Å². The number of benzene rings is 2. The van der Waals surface area contributed by atoms with E-state index in [9.17, 15) is 9.59 Å². The number of rotatable bonds is 9. The van der Waals surface area contributed by atoms with Gasteiger partial charge in [0.1, 0.15) is 24.7 Å². The summed E-state index contributed by atoms with van der Waals surface area (Å²) in [6.45, 7) is 6.09. The number of ether oxygens (including phenoxy) is 3. The molecule has 39 heavy (non-hydrogen) atoms. The monoisotopic (exact) mass is 548 g/mol. The van der Waals surface area contributed by atoms with Gasteiger partial charge in [-0.05, 0) is 79.9 Å². The van der Waals surface area contributed by atoms with Gasteiger partial charge in [-0.25, -0.2) is 0 Å². The molecule has 2 aliphatic heterocycles. The van der Waals surface area contributed by atoms with Crippen LogP contribution in [0.1, 0.15) is 50.8 Å². The first-order valence-electron chi connectivity index (χ1n) is 13.5. The van der Waals surface area contributed by atoms with E-state index in [1.807, 2.05) is 24.0 Å². The Labute approximate surface area is 234 Å². The van der Waals surface area contributed by atoms with E-state index in [0.29, 0.717) is 37.6 Å². The van der Waals surface area contributed by atoms with Crippen LogP contribution in [0.4, 0.5) is 0 Å². The van der Waals surface area contributed by atoms with Crippen LogP contribution in [0.5, 0.6) is 11.5 Å². The van der Waals surface area contributed by atoms with Crippen LogP contribution in [-0.4, -0.2) is 67.7 Å². The number of aryl methyl sites for hydroxylation is 2. The number of fused-ring (bicyclic) bond motifs is 1. The van der Waals surface area contributed by atoms with Crippen molar-refractivity contribution in [3.05, 3.63) is 81.0 Å². The summed E-state index contributed by atoms with van der Waals surface area (Å²) in [5, 5.41) is 2.08. The number of carbonyl (C=O) groups is 2. The SMILES string of the molecule is COc1cccc(C(=O)N(CC(=O)N2CCc3sccc3C2COc2ccc(C)cc2C)CC2CCCO2)c1. The lowest BCUT2D eigenvalue weighted by Crippen LogP contribution is -2.49. The van der Waals surface area contributed by atoms with Crippen molar-refractivity contribution in [1.82, 2.24) is 9.80 Å². The third kappa shape index (κ3) is 6.28. The average Bonchev–Trinajstić information content (AvgIpc) is 3.64. The molecule has 0 bridgehead atoms. The molecule has 5 rings (SSSR count). The quantitative estimate of drug-likeness (QED) is 0.368. The smallest absolute Gasteiger partial charge is 0.254 e. The predicted octanol–water partition coefficient (Wildman–Crippen LogP) is 5.20. The largest absolute Gasteiger partial charge is 0.497 e. The van der Waals surface area contributed by atoms with Gasteiger partial charge in [0.05, 0.1) is 19.3 Å². The molecule has 2 aliphatic rings. The maximum atomic E-state index is 13.9. The summed E-state index contributed by atoms with van der Waals surface area (Å²) in [5.74, 6) is 1.14. The first kappa shape index (κ1) is 27.2. The van der Waals surface area contributed by atoms with Crippen molar-refractivity contribution in [1.29, 1.82) is 0 Å². The highest BCUT2D eigenvalue weighted by atomic mass is 32.1. The van der Waals surface area contributed by atoms with Crippen LogP contribution in [0.2, 0.25) is 0 Å². The molecule has 3 heterocycles. The van der Waals surface area contributed by atoms with E-state index >= 15 is 0 Å². The lowest BCUT2D eigenvalue weighted by molar-refractivity contribution is -0.135. The Morgan fingerprint density at radius 3 is 2.79 bits per heavy atom. The normalized spacial score (nSPS) is 18.5. The second-order valence-electron chi connectivity index (χ2n) is 10.3. The number of carbonyl (C=O) groups excluding carboxylic acids is 2. The molecule has 8 heteroatoms. The molecule has 1 saturated heterocycles. The molecule has 2 aromatic carbocycles. The molecule has 0 radical (unpaired) electrons. The highest BCUT2D eigenvalue weighted by Crippen LogP contribution is 2.34. The van der Waals surface area contributed by atoms with Crippen molar-refractivity contribution in [3.8, 4) is 11.5 Å². The molecule has 1 aromatic heterocycles. The van der Waals surface area contributed by atoms with Gasteiger partial charge in [0.25, 0.3) is 5.91 Å². The van der Waals surface area contributed by atoms with E-state index in [0.717, 1.165) is 36.1 Å². The van der Waals surface area contributed by atoms with Crippen LogP contribution in [0.25, 0.3) is 0 Å². The number of hydrogen-bond donors (Lipinski definition) is 0. The molecule has 0 N–H and O–H groups in total. The maximum absolute atomic E-state index is 13.9. The fraction of sp³-hybridized carbons (Fsp3) is 0.419. The van der Waals surface area contributed by atoms with E-state index in [-0.39, 0.29) is 30.5 Å². The van der Waals surface area contributed by atoms with Crippen molar-refractivity contribution in [3.63, 3.8) is 0 Å². The van der Waals surface area contributed by atoms with Gasteiger partial charge < -0.3 is 24.0 Å². The van der Waals surface area contributed by atoms with Crippen molar-refractivity contribution >= 4 is 23.2 Å². The Morgan fingerprint density at radius 2 is 2.03 bits per heavy atom. The number of hydrogen-bond acceptors (Lipinski definition) is 6. The summed E-state index contributed by atoms with van der Waals surface area (Å²) < 4.78 is 17.5. The van der Waals surface area contributed by atoms with Gasteiger partial charge in [-0.1, -0.05) is 23.8 Å². The Kier molecular flexibility index (Phi) is 8.53. The first-order chi connectivity index (χ1) is 18.9. The van der Waals surface area contributed by atoms with Gasteiger partial charge in [-0.2, -0.15) is 0 Å². The fourth-order valence-corrected chi connectivity index (χ4v) is 6.38. The summed E-state index contributed by atoms with van der Waals surface area (Å²) in [6.07, 6.45) is 2.57. The number of amides is 2. The Hall–Kier alpha value is -3.36. The van der Waals surface area contributed by atoms with Crippen molar-refractivity contribution in [2.75, 3.05) is 40.0 Å². The number of methoxy groups -OCH3 is 1. The minimum Gasteiger partial charge on any atom is -0.497 e. The van der Waals surface area contributed by atoms with Gasteiger partial charge in [-0.3, -0.25) is 9.59 Å². The maximum Gasteiger partial charge on any atom is 0.254 e. The number of thiophene rings is 1. The minimum atomic E-state index is -0.218. The van der Waals surface area contributed by atoms with Gasteiger partial charge in [0.15, 0.2) is 0 Å². The molecule has 7 nitrogen and oxygen atoms in total. The molecule has 0 aliphatic carbocycles. The minimum absolute atomic E-state index is 0.0184. The molecule has 3 aromatic rings. The van der Waals surface area contributed by atoms with Gasteiger partial charge >= 0.3 is 0 Å². The summed E-state index contributed by atoms with van der Waals surface area (Å²) in [4.78, 5) is 32.4. The molecular formula is C31H36N2O5S. The summed E-state index contributed by atoms with van der Waals surface area (Å²) >= 11 is 1.72. The second kappa shape index (κ2) is 12.2. The van der Waals surface area contributed by atoms with Crippen molar-refractivity contribution in [2.45, 2.75) is 45.3 Å². The lowest BCUT2D eigenvalue weighted by Gasteiger charge is -2.37. The van der Waals surface area contributed by atoms with Crippen LogP contribution in [-0.2, 0) is 16.0 Å². The Morgan fingerprint density at radius 1 is 1.15 bits per heavy atom. The van der Waals surface area contributed by atoms with E-state index in [1.54, 1.807) is 47.6 Å². The van der Waals surface area contributed by atoms with Crippen LogP contribution >= 0.6 is 11.3 Å². The summed E-state index contributed by atoms with van der Waals surface area (Å²) in [6, 6.07) is 15.1. The average molecular weight is 549 g/mol. The molecule has 2 unspecified atom stereocenters. The van der Waals surface area contributed by atoms with Gasteiger partial charge in [-0.15, -0.1) is 11.3 Å². The van der Waals surface area contributed by atoms with E-state index in [4.69, 9.17) is 14.2 Å². The Balaban J connectivity index is 1.36. The second-order valence-corrected chi connectivity index (χ2v) is 11.3. The summed E-state index contributed by atoms with van der Waals surface area (Å²) in [7, 11) is 1.58. The molecule has 2 amide bonds. The standard InChI is InChI=1S/C31H36N2O5S/c1-21-9-10-28(22(2)16-21)38-20-27-26-12-15-39-29(26)11-13-33(27)30(34)19-32(18-25-8-5-14-37-25)31(35)23-6-4-7-24(17-23)36-3/h4,6-7,9-10,12,15-17,25,27H,5,8,11,13-14,18-20H2,1-3H3. The highest BCUT2D eigenvalue weighted by Gasteiger charge is 2.34. The summed E-state index contributed by atoms with van der Waals surface area (Å²) in [5.41, 5.74) is 3.88. The van der Waals surface area contributed by atoms with Crippen molar-refractivity contribution in [2.24, 2.45) is 0 Å². The number of nitrogens with zero attached hydrogens (tertiary/aromatic N) is 2. The lowest BCUT2D eigenvalue weighted by atomic mass is 10.00. The van der Waals surface area contributed by atoms with Crippen LogP contribution < -0.4 is 9.47 Å².